The zero-order valence-corrected chi connectivity index (χ0v) is 8.02. The molecule has 1 heterocycles. The molecular formula is C7H12N2O2S. The molecule has 0 saturated carbocycles. The molecule has 1 rings (SSSR count). The molecule has 1 atom stereocenters. The third-order valence-electron chi connectivity index (χ3n) is 1.87. The van der Waals surface area contributed by atoms with Gasteiger partial charge >= 0.3 is 6.03 Å². The average Bonchev–Trinajstić information content (AvgIpc) is 2.14. The zero-order chi connectivity index (χ0) is 9.35. The SMILES string of the molecule is CCCN1C(=O)NC(=O)C1(C)S. The van der Waals surface area contributed by atoms with Crippen LogP contribution in [0.4, 0.5) is 4.79 Å². The van der Waals surface area contributed by atoms with Crippen LogP contribution in [0.1, 0.15) is 20.3 Å². The van der Waals surface area contributed by atoms with Gasteiger partial charge in [-0.25, -0.2) is 4.79 Å². The third kappa shape index (κ3) is 1.29. The van der Waals surface area contributed by atoms with Gasteiger partial charge in [-0.15, -0.1) is 12.6 Å². The van der Waals surface area contributed by atoms with Crippen LogP contribution < -0.4 is 5.32 Å². The van der Waals surface area contributed by atoms with Gasteiger partial charge < -0.3 is 4.90 Å². The maximum atomic E-state index is 11.1. The van der Waals surface area contributed by atoms with E-state index < -0.39 is 4.87 Å². The number of imide groups is 1. The van der Waals surface area contributed by atoms with Gasteiger partial charge in [0.2, 0.25) is 0 Å². The predicted molar refractivity (Wildman–Crippen MR) is 47.9 cm³/mol. The van der Waals surface area contributed by atoms with E-state index in [1.165, 1.54) is 4.90 Å². The highest BCUT2D eigenvalue weighted by Crippen LogP contribution is 2.25. The fraction of sp³-hybridized carbons (Fsp3) is 0.714. The molecule has 1 N–H and O–H groups in total. The number of nitrogens with zero attached hydrogens (tertiary/aromatic N) is 1. The molecule has 0 radical (unpaired) electrons. The second-order valence-corrected chi connectivity index (χ2v) is 3.80. The normalized spacial score (nSPS) is 29.4. The van der Waals surface area contributed by atoms with Crippen molar-refractivity contribution < 1.29 is 9.59 Å². The predicted octanol–water partition coefficient (Wildman–Crippen LogP) is 0.594. The van der Waals surface area contributed by atoms with Crippen LogP contribution in [0.15, 0.2) is 0 Å². The first-order valence-corrected chi connectivity index (χ1v) is 4.30. The Morgan fingerprint density at radius 2 is 2.17 bits per heavy atom. The smallest absolute Gasteiger partial charge is 0.301 e. The Morgan fingerprint density at radius 3 is 2.50 bits per heavy atom. The van der Waals surface area contributed by atoms with Crippen LogP contribution in [-0.2, 0) is 4.79 Å². The minimum absolute atomic E-state index is 0.343. The molecular weight excluding hydrogens is 176 g/mol. The van der Waals surface area contributed by atoms with E-state index >= 15 is 0 Å². The second kappa shape index (κ2) is 2.97. The van der Waals surface area contributed by atoms with Gasteiger partial charge in [-0.1, -0.05) is 6.92 Å². The molecule has 68 valence electrons. The minimum atomic E-state index is -0.979. The van der Waals surface area contributed by atoms with Crippen molar-refractivity contribution in [3.05, 3.63) is 0 Å². The fourth-order valence-electron chi connectivity index (χ4n) is 1.15. The molecule has 0 aliphatic carbocycles. The van der Waals surface area contributed by atoms with Gasteiger partial charge in [-0.05, 0) is 13.3 Å². The summed E-state index contributed by atoms with van der Waals surface area (Å²) in [6.45, 7) is 4.11. The maximum Gasteiger partial charge on any atom is 0.325 e. The Kier molecular flexibility index (Phi) is 2.32. The summed E-state index contributed by atoms with van der Waals surface area (Å²) in [6, 6.07) is -0.348. The Bertz CT molecular complexity index is 227. The van der Waals surface area contributed by atoms with Crippen molar-refractivity contribution in [1.82, 2.24) is 10.2 Å². The molecule has 0 spiro atoms. The van der Waals surface area contributed by atoms with Crippen molar-refractivity contribution in [2.45, 2.75) is 25.1 Å². The van der Waals surface area contributed by atoms with Crippen molar-refractivity contribution in [1.29, 1.82) is 0 Å². The number of nitrogens with one attached hydrogen (secondary N) is 1. The van der Waals surface area contributed by atoms with Crippen molar-refractivity contribution in [3.8, 4) is 0 Å². The summed E-state index contributed by atoms with van der Waals surface area (Å²) in [4.78, 5) is 22.7. The summed E-state index contributed by atoms with van der Waals surface area (Å²) in [7, 11) is 0. The van der Waals surface area contributed by atoms with Crippen molar-refractivity contribution >= 4 is 24.6 Å². The minimum Gasteiger partial charge on any atom is -0.301 e. The molecule has 4 nitrogen and oxygen atoms in total. The number of hydrogen-bond donors (Lipinski definition) is 2. The van der Waals surface area contributed by atoms with Crippen molar-refractivity contribution in [2.24, 2.45) is 0 Å². The molecule has 3 amide bonds. The summed E-state index contributed by atoms with van der Waals surface area (Å²) in [6.07, 6.45) is 0.816. The lowest BCUT2D eigenvalue weighted by Gasteiger charge is -2.26. The summed E-state index contributed by atoms with van der Waals surface area (Å²) in [5, 5.41) is 2.21. The highest BCUT2D eigenvalue weighted by Gasteiger charge is 2.45. The molecule has 0 bridgehead atoms. The van der Waals surface area contributed by atoms with Crippen LogP contribution in [0, 0.1) is 0 Å². The molecule has 0 aromatic carbocycles. The standard InChI is InChI=1S/C7H12N2O2S/c1-3-4-9-6(11)8-5(10)7(9,2)12/h12H,3-4H2,1-2H3,(H,8,10,11). The summed E-state index contributed by atoms with van der Waals surface area (Å²) in [5.74, 6) is -0.343. The van der Waals surface area contributed by atoms with Gasteiger partial charge in [-0.3, -0.25) is 10.1 Å². The number of thiol groups is 1. The Balaban J connectivity index is 2.83. The molecule has 0 aromatic heterocycles. The van der Waals surface area contributed by atoms with Gasteiger partial charge in [0.05, 0.1) is 0 Å². The van der Waals surface area contributed by atoms with E-state index in [4.69, 9.17) is 0 Å². The van der Waals surface area contributed by atoms with Crippen LogP contribution >= 0.6 is 12.6 Å². The van der Waals surface area contributed by atoms with Gasteiger partial charge in [0.1, 0.15) is 0 Å². The molecule has 1 fully saturated rings. The Morgan fingerprint density at radius 1 is 1.58 bits per heavy atom. The van der Waals surface area contributed by atoms with E-state index in [0.717, 1.165) is 6.42 Å². The van der Waals surface area contributed by atoms with Crippen LogP contribution in [0.3, 0.4) is 0 Å². The second-order valence-electron chi connectivity index (χ2n) is 2.93. The Labute approximate surface area is 76.7 Å². The molecule has 1 aliphatic heterocycles. The van der Waals surface area contributed by atoms with Gasteiger partial charge in [0.15, 0.2) is 4.87 Å². The third-order valence-corrected chi connectivity index (χ3v) is 2.31. The zero-order valence-electron chi connectivity index (χ0n) is 7.13. The topological polar surface area (TPSA) is 49.4 Å². The first kappa shape index (κ1) is 9.38. The van der Waals surface area contributed by atoms with Crippen molar-refractivity contribution in [2.75, 3.05) is 6.54 Å². The monoisotopic (exact) mass is 188 g/mol. The number of amides is 3. The van der Waals surface area contributed by atoms with Crippen molar-refractivity contribution in [3.63, 3.8) is 0 Å². The van der Waals surface area contributed by atoms with Crippen LogP contribution in [0.2, 0.25) is 0 Å². The van der Waals surface area contributed by atoms with Crippen LogP contribution in [0.25, 0.3) is 0 Å². The first-order chi connectivity index (χ1) is 5.50. The number of carbonyl (C=O) groups is 2. The largest absolute Gasteiger partial charge is 0.325 e. The lowest BCUT2D eigenvalue weighted by Crippen LogP contribution is -2.42. The van der Waals surface area contributed by atoms with E-state index in [1.807, 2.05) is 6.92 Å². The lowest BCUT2D eigenvalue weighted by molar-refractivity contribution is -0.122. The number of urea groups is 1. The molecule has 1 saturated heterocycles. The van der Waals surface area contributed by atoms with E-state index in [2.05, 4.69) is 17.9 Å². The lowest BCUT2D eigenvalue weighted by atomic mass is 10.3. The van der Waals surface area contributed by atoms with Crippen LogP contribution in [-0.4, -0.2) is 28.3 Å². The summed E-state index contributed by atoms with van der Waals surface area (Å²) >= 11 is 4.13. The Hall–Kier alpha value is -0.710. The van der Waals surface area contributed by atoms with Gasteiger partial charge in [0.25, 0.3) is 5.91 Å². The molecule has 1 aliphatic rings. The fourth-order valence-corrected chi connectivity index (χ4v) is 1.39. The van der Waals surface area contributed by atoms with E-state index in [0.29, 0.717) is 6.54 Å². The molecule has 1 unspecified atom stereocenters. The number of rotatable bonds is 2. The first-order valence-electron chi connectivity index (χ1n) is 3.85. The quantitative estimate of drug-likeness (QED) is 0.492. The van der Waals surface area contributed by atoms with Crippen LogP contribution in [0.5, 0.6) is 0 Å². The highest BCUT2D eigenvalue weighted by atomic mass is 32.1. The number of hydrogen-bond acceptors (Lipinski definition) is 3. The van der Waals surface area contributed by atoms with E-state index in [9.17, 15) is 9.59 Å². The molecule has 0 aromatic rings. The maximum absolute atomic E-state index is 11.1. The van der Waals surface area contributed by atoms with E-state index in [1.54, 1.807) is 6.92 Å². The molecule has 12 heavy (non-hydrogen) atoms. The average molecular weight is 188 g/mol. The number of carbonyl (C=O) groups excluding carboxylic acids is 2. The van der Waals surface area contributed by atoms with Gasteiger partial charge in [-0.2, -0.15) is 0 Å². The van der Waals surface area contributed by atoms with E-state index in [-0.39, 0.29) is 11.9 Å². The summed E-state index contributed by atoms with van der Waals surface area (Å²) in [5.41, 5.74) is 0. The van der Waals surface area contributed by atoms with Gasteiger partial charge in [0, 0.05) is 6.54 Å². The highest BCUT2D eigenvalue weighted by molar-refractivity contribution is 7.82. The summed E-state index contributed by atoms with van der Waals surface area (Å²) < 4.78 is 0. The molecule has 5 heteroatoms.